The maximum Gasteiger partial charge on any atom is 0.349 e. The van der Waals surface area contributed by atoms with Gasteiger partial charge in [0.15, 0.2) is 0 Å². The second-order valence-electron chi connectivity index (χ2n) is 4.35. The van der Waals surface area contributed by atoms with Crippen molar-refractivity contribution in [3.05, 3.63) is 63.2 Å². The maximum atomic E-state index is 12.5. The van der Waals surface area contributed by atoms with Crippen molar-refractivity contribution >= 4 is 43.8 Å². The highest BCUT2D eigenvalue weighted by Gasteiger charge is 2.17. The summed E-state index contributed by atoms with van der Waals surface area (Å²) in [5, 5.41) is 0. The molecule has 0 N–H and O–H groups in total. The molecule has 0 bridgehead atoms. The number of hydrogen-bond acceptors (Lipinski definition) is 4. The number of nitrogens with zero attached hydrogens (tertiary/aromatic N) is 1. The van der Waals surface area contributed by atoms with Crippen molar-refractivity contribution in [2.75, 3.05) is 7.11 Å². The van der Waals surface area contributed by atoms with E-state index in [4.69, 9.17) is 4.74 Å². The molecule has 0 saturated carbocycles. The molecule has 0 saturated heterocycles. The molecule has 0 amide bonds. The maximum absolute atomic E-state index is 12.5. The summed E-state index contributed by atoms with van der Waals surface area (Å²) in [5.41, 5.74) is 1.13. The van der Waals surface area contributed by atoms with Gasteiger partial charge in [0.25, 0.3) is 0 Å². The number of halogens is 1. The number of ketones is 1. The number of aromatic nitrogens is 1. The Labute approximate surface area is 133 Å². The standard InChI is InChI=1S/C15H10BrNO3S/c1-20-15(19)12-8-17-11(6-7-13(17)21-12)14(18)9-2-4-10(16)5-3-9/h2-8H,1H3. The fraction of sp³-hybridized carbons (Fsp3) is 0.0667. The molecule has 6 heteroatoms. The summed E-state index contributed by atoms with van der Waals surface area (Å²) in [5.74, 6) is -0.484. The van der Waals surface area contributed by atoms with Gasteiger partial charge in [0.1, 0.15) is 9.71 Å². The molecule has 4 nitrogen and oxygen atoms in total. The van der Waals surface area contributed by atoms with Gasteiger partial charge in [-0.05, 0) is 36.4 Å². The van der Waals surface area contributed by atoms with Crippen LogP contribution in [0.5, 0.6) is 0 Å². The van der Waals surface area contributed by atoms with E-state index in [1.165, 1.54) is 18.4 Å². The minimum absolute atomic E-state index is 0.0864. The predicted octanol–water partition coefficient (Wildman–Crippen LogP) is 3.78. The smallest absolute Gasteiger partial charge is 0.349 e. The van der Waals surface area contributed by atoms with E-state index >= 15 is 0 Å². The molecule has 3 rings (SSSR count). The zero-order valence-corrected chi connectivity index (χ0v) is 13.4. The summed E-state index contributed by atoms with van der Waals surface area (Å²) in [6.45, 7) is 0. The first-order valence-electron chi connectivity index (χ1n) is 6.09. The van der Waals surface area contributed by atoms with Crippen LogP contribution in [0.3, 0.4) is 0 Å². The molecule has 0 aliphatic rings. The van der Waals surface area contributed by atoms with Crippen molar-refractivity contribution in [1.82, 2.24) is 4.40 Å². The van der Waals surface area contributed by atoms with Crippen molar-refractivity contribution in [1.29, 1.82) is 0 Å². The molecule has 3 aromatic rings. The van der Waals surface area contributed by atoms with Gasteiger partial charge in [0, 0.05) is 16.2 Å². The Kier molecular flexibility index (Phi) is 3.65. The monoisotopic (exact) mass is 363 g/mol. The minimum atomic E-state index is -0.397. The molecule has 0 aliphatic carbocycles. The van der Waals surface area contributed by atoms with Crippen LogP contribution in [-0.4, -0.2) is 23.3 Å². The van der Waals surface area contributed by atoms with Gasteiger partial charge in [-0.3, -0.25) is 4.79 Å². The number of rotatable bonds is 3. The lowest BCUT2D eigenvalue weighted by Gasteiger charge is -2.00. The number of hydrogen-bond donors (Lipinski definition) is 0. The van der Waals surface area contributed by atoms with Gasteiger partial charge in [0.2, 0.25) is 5.78 Å². The summed E-state index contributed by atoms with van der Waals surface area (Å²) >= 11 is 4.64. The van der Waals surface area contributed by atoms with Crippen LogP contribution in [0.2, 0.25) is 0 Å². The zero-order valence-electron chi connectivity index (χ0n) is 11.0. The van der Waals surface area contributed by atoms with E-state index < -0.39 is 5.97 Å². The molecule has 0 unspecified atom stereocenters. The number of thiazole rings is 1. The Hall–Kier alpha value is -1.92. The average molecular weight is 364 g/mol. The Bertz CT molecular complexity index is 832. The number of fused-ring (bicyclic) bond motifs is 1. The van der Waals surface area contributed by atoms with Crippen LogP contribution in [0.15, 0.2) is 47.1 Å². The van der Waals surface area contributed by atoms with E-state index in [1.54, 1.807) is 28.8 Å². The number of methoxy groups -OCH3 is 1. The van der Waals surface area contributed by atoms with E-state index in [0.29, 0.717) is 16.1 Å². The SMILES string of the molecule is COC(=O)c1cn2c(C(=O)c3ccc(Br)cc3)ccc2s1. The first-order chi connectivity index (χ1) is 10.1. The third kappa shape index (κ3) is 2.52. The van der Waals surface area contributed by atoms with Gasteiger partial charge in [0.05, 0.1) is 12.8 Å². The quantitative estimate of drug-likeness (QED) is 0.525. The third-order valence-electron chi connectivity index (χ3n) is 3.07. The lowest BCUT2D eigenvalue weighted by atomic mass is 10.1. The molecule has 106 valence electrons. The van der Waals surface area contributed by atoms with Crippen LogP contribution in [-0.2, 0) is 4.74 Å². The van der Waals surface area contributed by atoms with E-state index in [2.05, 4.69) is 15.9 Å². The van der Waals surface area contributed by atoms with E-state index in [9.17, 15) is 9.59 Å². The molecular formula is C15H10BrNO3S. The number of carbonyl (C=O) groups excluding carboxylic acids is 2. The first-order valence-corrected chi connectivity index (χ1v) is 7.70. The van der Waals surface area contributed by atoms with Gasteiger partial charge >= 0.3 is 5.97 Å². The van der Waals surface area contributed by atoms with Gasteiger partial charge < -0.3 is 9.14 Å². The van der Waals surface area contributed by atoms with Crippen molar-refractivity contribution in [2.45, 2.75) is 0 Å². The number of benzene rings is 1. The Morgan fingerprint density at radius 2 is 1.86 bits per heavy atom. The molecule has 0 spiro atoms. The fourth-order valence-corrected chi connectivity index (χ4v) is 3.23. The van der Waals surface area contributed by atoms with E-state index in [0.717, 1.165) is 9.30 Å². The van der Waals surface area contributed by atoms with Crippen LogP contribution < -0.4 is 0 Å². The lowest BCUT2D eigenvalue weighted by Crippen LogP contribution is -2.04. The minimum Gasteiger partial charge on any atom is -0.465 e. The molecule has 2 aromatic heterocycles. The molecule has 0 fully saturated rings. The van der Waals surface area contributed by atoms with Crippen molar-refractivity contribution in [2.24, 2.45) is 0 Å². The van der Waals surface area contributed by atoms with Crippen molar-refractivity contribution in [3.63, 3.8) is 0 Å². The molecule has 2 heterocycles. The summed E-state index contributed by atoms with van der Waals surface area (Å²) in [4.78, 5) is 25.4. The molecule has 0 radical (unpaired) electrons. The fourth-order valence-electron chi connectivity index (χ4n) is 2.03. The summed E-state index contributed by atoms with van der Waals surface area (Å²) in [6, 6.07) is 10.8. The zero-order chi connectivity index (χ0) is 15.0. The number of esters is 1. The molecule has 0 aliphatic heterocycles. The van der Waals surface area contributed by atoms with Gasteiger partial charge in [-0.25, -0.2) is 4.79 Å². The van der Waals surface area contributed by atoms with Crippen LogP contribution in [0.4, 0.5) is 0 Å². The van der Waals surface area contributed by atoms with E-state index in [-0.39, 0.29) is 5.78 Å². The third-order valence-corrected chi connectivity index (χ3v) is 4.63. The topological polar surface area (TPSA) is 47.8 Å². The highest BCUT2D eigenvalue weighted by molar-refractivity contribution is 9.10. The lowest BCUT2D eigenvalue weighted by molar-refractivity contribution is 0.0605. The van der Waals surface area contributed by atoms with Gasteiger partial charge in [-0.15, -0.1) is 11.3 Å². The van der Waals surface area contributed by atoms with Gasteiger partial charge in [-0.1, -0.05) is 15.9 Å². The first kappa shape index (κ1) is 14.0. The summed E-state index contributed by atoms with van der Waals surface area (Å²) in [6.07, 6.45) is 1.64. The van der Waals surface area contributed by atoms with Crippen LogP contribution in [0.25, 0.3) is 4.83 Å². The largest absolute Gasteiger partial charge is 0.465 e. The molecular weight excluding hydrogens is 354 g/mol. The molecule has 1 aromatic carbocycles. The molecule has 21 heavy (non-hydrogen) atoms. The summed E-state index contributed by atoms with van der Waals surface area (Å²) in [7, 11) is 1.34. The highest BCUT2D eigenvalue weighted by atomic mass is 79.9. The van der Waals surface area contributed by atoms with Crippen molar-refractivity contribution < 1.29 is 14.3 Å². The Morgan fingerprint density at radius 1 is 1.14 bits per heavy atom. The highest BCUT2D eigenvalue weighted by Crippen LogP contribution is 2.24. The normalized spacial score (nSPS) is 10.8. The summed E-state index contributed by atoms with van der Waals surface area (Å²) < 4.78 is 7.34. The Balaban J connectivity index is 2.03. The second kappa shape index (κ2) is 5.46. The predicted molar refractivity (Wildman–Crippen MR) is 84.2 cm³/mol. The second-order valence-corrected chi connectivity index (χ2v) is 6.33. The molecule has 0 atom stereocenters. The number of ether oxygens (including phenoxy) is 1. The number of carbonyl (C=O) groups is 2. The van der Waals surface area contributed by atoms with E-state index in [1.807, 2.05) is 18.2 Å². The average Bonchev–Trinajstić information content (AvgIpc) is 3.06. The Morgan fingerprint density at radius 3 is 2.52 bits per heavy atom. The van der Waals surface area contributed by atoms with Crippen LogP contribution >= 0.6 is 27.3 Å². The van der Waals surface area contributed by atoms with Crippen LogP contribution in [0, 0.1) is 0 Å². The van der Waals surface area contributed by atoms with Crippen LogP contribution in [0.1, 0.15) is 25.7 Å². The van der Waals surface area contributed by atoms with Gasteiger partial charge in [-0.2, -0.15) is 0 Å². The van der Waals surface area contributed by atoms with Crippen molar-refractivity contribution in [3.8, 4) is 0 Å².